The van der Waals surface area contributed by atoms with Gasteiger partial charge in [-0.1, -0.05) is 40.2 Å². The van der Waals surface area contributed by atoms with Gasteiger partial charge in [-0.15, -0.1) is 0 Å². The Morgan fingerprint density at radius 2 is 1.88 bits per heavy atom. The number of nitrogens with one attached hydrogen (secondary N) is 1. The van der Waals surface area contributed by atoms with Crippen LogP contribution in [0.15, 0.2) is 46.9 Å². The molecular weight excluding hydrogens is 396 g/mol. The van der Waals surface area contributed by atoms with Crippen molar-refractivity contribution in [2.45, 2.75) is 25.3 Å². The third-order valence-corrected chi connectivity index (χ3v) is 5.46. The minimum Gasteiger partial charge on any atom is -0.349 e. The summed E-state index contributed by atoms with van der Waals surface area (Å²) in [7, 11) is 0. The van der Waals surface area contributed by atoms with E-state index in [9.17, 15) is 14.4 Å². The fourth-order valence-corrected chi connectivity index (χ4v) is 4.01. The largest absolute Gasteiger partial charge is 0.349 e. The van der Waals surface area contributed by atoms with Crippen LogP contribution in [0.4, 0.5) is 0 Å². The lowest BCUT2D eigenvalue weighted by Crippen LogP contribution is -2.35. The highest BCUT2D eigenvalue weighted by molar-refractivity contribution is 9.10. The number of halogens is 1. The van der Waals surface area contributed by atoms with Crippen LogP contribution >= 0.6 is 15.9 Å². The lowest BCUT2D eigenvalue weighted by molar-refractivity contribution is -0.121. The molecule has 5 nitrogen and oxygen atoms in total. The van der Waals surface area contributed by atoms with Gasteiger partial charge in [-0.3, -0.25) is 19.3 Å². The van der Waals surface area contributed by atoms with E-state index in [1.165, 1.54) is 5.56 Å². The molecular formula is C20H17BrN2O3. The SMILES string of the molecule is O=C(CCN1C(=O)c2ccc(Br)cc2C1=O)N[C@@H]1CCc2ccccc21. The van der Waals surface area contributed by atoms with Gasteiger partial charge in [0, 0.05) is 17.4 Å². The standard InChI is InChI=1S/C20H17BrN2O3/c21-13-6-7-15-16(11-13)20(26)23(19(15)25)10-9-18(24)22-17-8-5-12-3-1-2-4-14(12)17/h1-4,6-7,11,17H,5,8-10H2,(H,22,24)/t17-/m1/s1. The lowest BCUT2D eigenvalue weighted by atomic mass is 10.1. The van der Waals surface area contributed by atoms with E-state index in [4.69, 9.17) is 0 Å². The normalized spacial score (nSPS) is 18.0. The highest BCUT2D eigenvalue weighted by Gasteiger charge is 2.35. The summed E-state index contributed by atoms with van der Waals surface area (Å²) in [5.41, 5.74) is 3.20. The molecule has 1 aliphatic carbocycles. The molecule has 2 aromatic rings. The highest BCUT2D eigenvalue weighted by atomic mass is 79.9. The molecule has 2 aromatic carbocycles. The monoisotopic (exact) mass is 412 g/mol. The van der Waals surface area contributed by atoms with Gasteiger partial charge >= 0.3 is 0 Å². The van der Waals surface area contributed by atoms with Gasteiger partial charge in [-0.2, -0.15) is 0 Å². The zero-order chi connectivity index (χ0) is 18.3. The maximum absolute atomic E-state index is 12.4. The average Bonchev–Trinajstić information content (AvgIpc) is 3.13. The van der Waals surface area contributed by atoms with Gasteiger partial charge in [0.2, 0.25) is 5.91 Å². The first-order chi connectivity index (χ1) is 12.5. The molecule has 3 amide bonds. The van der Waals surface area contributed by atoms with Crippen LogP contribution in [0.3, 0.4) is 0 Å². The van der Waals surface area contributed by atoms with Crippen LogP contribution in [0.1, 0.15) is 50.7 Å². The quantitative estimate of drug-likeness (QED) is 0.783. The summed E-state index contributed by atoms with van der Waals surface area (Å²) >= 11 is 3.31. The minimum absolute atomic E-state index is 0.0110. The summed E-state index contributed by atoms with van der Waals surface area (Å²) in [5.74, 6) is -0.828. The Hall–Kier alpha value is -2.47. The summed E-state index contributed by atoms with van der Waals surface area (Å²) in [4.78, 5) is 38.3. The van der Waals surface area contributed by atoms with E-state index in [0.29, 0.717) is 11.1 Å². The number of amides is 3. The Kier molecular flexibility index (Phi) is 4.36. The van der Waals surface area contributed by atoms with Crippen molar-refractivity contribution in [3.05, 3.63) is 69.2 Å². The Morgan fingerprint density at radius 3 is 2.73 bits per heavy atom. The zero-order valence-corrected chi connectivity index (χ0v) is 15.6. The minimum atomic E-state index is -0.342. The molecule has 4 rings (SSSR count). The van der Waals surface area contributed by atoms with E-state index in [0.717, 1.165) is 27.8 Å². The number of benzene rings is 2. The van der Waals surface area contributed by atoms with Crippen molar-refractivity contribution in [2.24, 2.45) is 0 Å². The Balaban J connectivity index is 1.39. The second-order valence-electron chi connectivity index (χ2n) is 6.56. The summed E-state index contributed by atoms with van der Waals surface area (Å²) < 4.78 is 0.747. The van der Waals surface area contributed by atoms with Gasteiger partial charge < -0.3 is 5.32 Å². The smallest absolute Gasteiger partial charge is 0.261 e. The molecule has 1 N–H and O–H groups in total. The van der Waals surface area contributed by atoms with Crippen molar-refractivity contribution in [2.75, 3.05) is 6.54 Å². The third-order valence-electron chi connectivity index (χ3n) is 4.96. The fourth-order valence-electron chi connectivity index (χ4n) is 3.65. The van der Waals surface area contributed by atoms with Crippen molar-refractivity contribution in [3.8, 4) is 0 Å². The van der Waals surface area contributed by atoms with Crippen LogP contribution in [0, 0.1) is 0 Å². The Bertz CT molecular complexity index is 925. The first kappa shape index (κ1) is 17.0. The van der Waals surface area contributed by atoms with E-state index in [1.54, 1.807) is 18.2 Å². The molecule has 1 atom stereocenters. The average molecular weight is 413 g/mol. The number of carbonyl (C=O) groups is 3. The number of hydrogen-bond donors (Lipinski definition) is 1. The number of imide groups is 1. The fraction of sp³-hybridized carbons (Fsp3) is 0.250. The van der Waals surface area contributed by atoms with Crippen molar-refractivity contribution in [3.63, 3.8) is 0 Å². The molecule has 6 heteroatoms. The van der Waals surface area contributed by atoms with Gasteiger partial charge in [-0.25, -0.2) is 0 Å². The van der Waals surface area contributed by atoms with Crippen LogP contribution in [0.2, 0.25) is 0 Å². The van der Waals surface area contributed by atoms with Crippen LogP contribution < -0.4 is 5.32 Å². The molecule has 0 spiro atoms. The second-order valence-corrected chi connectivity index (χ2v) is 7.48. The van der Waals surface area contributed by atoms with Crippen molar-refractivity contribution in [1.82, 2.24) is 10.2 Å². The number of rotatable bonds is 4. The summed E-state index contributed by atoms with van der Waals surface area (Å²) in [5, 5.41) is 3.02. The number of carbonyl (C=O) groups excluding carboxylic acids is 3. The van der Waals surface area contributed by atoms with E-state index >= 15 is 0 Å². The number of aryl methyl sites for hydroxylation is 1. The van der Waals surface area contributed by atoms with Crippen LogP contribution in [0.25, 0.3) is 0 Å². The maximum atomic E-state index is 12.4. The summed E-state index contributed by atoms with van der Waals surface area (Å²) in [6.45, 7) is 0.0875. The van der Waals surface area contributed by atoms with Crippen molar-refractivity contribution < 1.29 is 14.4 Å². The highest BCUT2D eigenvalue weighted by Crippen LogP contribution is 2.31. The van der Waals surface area contributed by atoms with Gasteiger partial charge in [-0.05, 0) is 42.2 Å². The molecule has 0 unspecified atom stereocenters. The number of hydrogen-bond acceptors (Lipinski definition) is 3. The van der Waals surface area contributed by atoms with E-state index in [-0.39, 0.29) is 36.7 Å². The molecule has 132 valence electrons. The molecule has 2 aliphatic rings. The van der Waals surface area contributed by atoms with Crippen LogP contribution in [-0.2, 0) is 11.2 Å². The first-order valence-corrected chi connectivity index (χ1v) is 9.37. The molecule has 0 bridgehead atoms. The predicted molar refractivity (Wildman–Crippen MR) is 99.8 cm³/mol. The molecule has 1 aliphatic heterocycles. The molecule has 0 fully saturated rings. The molecule has 0 saturated heterocycles. The maximum Gasteiger partial charge on any atom is 0.261 e. The van der Waals surface area contributed by atoms with Gasteiger partial charge in [0.05, 0.1) is 17.2 Å². The van der Waals surface area contributed by atoms with Crippen LogP contribution in [0.5, 0.6) is 0 Å². The summed E-state index contributed by atoms with van der Waals surface area (Å²) in [6, 6.07) is 13.1. The van der Waals surface area contributed by atoms with E-state index < -0.39 is 0 Å². The van der Waals surface area contributed by atoms with Gasteiger partial charge in [0.1, 0.15) is 0 Å². The van der Waals surface area contributed by atoms with E-state index in [1.807, 2.05) is 18.2 Å². The Labute approximate surface area is 159 Å². The van der Waals surface area contributed by atoms with Crippen molar-refractivity contribution in [1.29, 1.82) is 0 Å². The molecule has 1 heterocycles. The van der Waals surface area contributed by atoms with Gasteiger partial charge in [0.15, 0.2) is 0 Å². The van der Waals surface area contributed by atoms with Gasteiger partial charge in [0.25, 0.3) is 11.8 Å². The molecule has 0 aromatic heterocycles. The topological polar surface area (TPSA) is 66.5 Å². The first-order valence-electron chi connectivity index (χ1n) is 8.57. The second kappa shape index (κ2) is 6.68. The molecule has 26 heavy (non-hydrogen) atoms. The van der Waals surface area contributed by atoms with Crippen molar-refractivity contribution >= 4 is 33.7 Å². The van der Waals surface area contributed by atoms with E-state index in [2.05, 4.69) is 27.3 Å². The Morgan fingerprint density at radius 1 is 1.12 bits per heavy atom. The molecule has 0 saturated carbocycles. The lowest BCUT2D eigenvalue weighted by Gasteiger charge is -2.16. The molecule has 0 radical (unpaired) electrons. The van der Waals surface area contributed by atoms with Crippen LogP contribution in [-0.4, -0.2) is 29.2 Å². The predicted octanol–water partition coefficient (Wildman–Crippen LogP) is 3.24. The number of nitrogens with zero attached hydrogens (tertiary/aromatic N) is 1. The number of fused-ring (bicyclic) bond motifs is 2. The summed E-state index contributed by atoms with van der Waals surface area (Å²) in [6.07, 6.45) is 1.94. The third kappa shape index (κ3) is 2.94. The zero-order valence-electron chi connectivity index (χ0n) is 14.0.